The monoisotopic (exact) mass is 240 g/mol. The zero-order valence-corrected chi connectivity index (χ0v) is 10.2. The summed E-state index contributed by atoms with van der Waals surface area (Å²) in [6.45, 7) is 6.11. The lowest BCUT2D eigenvalue weighted by atomic mass is 10.0. The van der Waals surface area contributed by atoms with Gasteiger partial charge in [0.15, 0.2) is 0 Å². The molecule has 5 heteroatoms. The highest BCUT2D eigenvalue weighted by atomic mass is 19.1. The third-order valence-corrected chi connectivity index (χ3v) is 2.38. The number of nitrogens with zero attached hydrogens (tertiary/aromatic N) is 1. The lowest BCUT2D eigenvalue weighted by molar-refractivity contribution is -0.384. The number of hydrogen-bond donors (Lipinski definition) is 1. The van der Waals surface area contributed by atoms with Crippen LogP contribution in [-0.2, 0) is 0 Å². The van der Waals surface area contributed by atoms with Gasteiger partial charge in [-0.05, 0) is 31.4 Å². The zero-order valence-electron chi connectivity index (χ0n) is 10.2. The van der Waals surface area contributed by atoms with E-state index in [4.69, 9.17) is 0 Å². The molecule has 0 aliphatic carbocycles. The highest BCUT2D eigenvalue weighted by molar-refractivity contribution is 5.61. The predicted octanol–water partition coefficient (Wildman–Crippen LogP) is 3.58. The number of nitro groups is 1. The Balaban J connectivity index is 2.86. The van der Waals surface area contributed by atoms with Crippen LogP contribution in [0.2, 0.25) is 0 Å². The van der Waals surface area contributed by atoms with Crippen LogP contribution in [0.4, 0.5) is 15.8 Å². The molecule has 1 rings (SSSR count). The highest BCUT2D eigenvalue weighted by Crippen LogP contribution is 2.26. The van der Waals surface area contributed by atoms with E-state index in [1.165, 1.54) is 12.1 Å². The summed E-state index contributed by atoms with van der Waals surface area (Å²) in [5.74, 6) is -0.101. The predicted molar refractivity (Wildman–Crippen MR) is 65.6 cm³/mol. The minimum Gasteiger partial charge on any atom is -0.377 e. The standard InChI is InChI=1S/C12H17FN2O2/c1-8(2)6-9(3)14-11-5-4-10(13)7-12(11)15(16)17/h4-5,7-9,14H,6H2,1-3H3. The quantitative estimate of drug-likeness (QED) is 0.632. The molecule has 0 aromatic heterocycles. The molecule has 1 aromatic rings. The number of anilines is 1. The third-order valence-electron chi connectivity index (χ3n) is 2.38. The van der Waals surface area contributed by atoms with E-state index in [1.807, 2.05) is 6.92 Å². The molecular formula is C12H17FN2O2. The summed E-state index contributed by atoms with van der Waals surface area (Å²) < 4.78 is 12.9. The van der Waals surface area contributed by atoms with E-state index in [0.29, 0.717) is 11.6 Å². The summed E-state index contributed by atoms with van der Waals surface area (Å²) in [6, 6.07) is 3.67. The topological polar surface area (TPSA) is 55.2 Å². The fourth-order valence-electron chi connectivity index (χ4n) is 1.81. The summed E-state index contributed by atoms with van der Waals surface area (Å²) in [4.78, 5) is 10.2. The van der Waals surface area contributed by atoms with Gasteiger partial charge in [-0.1, -0.05) is 13.8 Å². The molecule has 1 aromatic carbocycles. The zero-order chi connectivity index (χ0) is 13.0. The molecule has 0 aliphatic heterocycles. The van der Waals surface area contributed by atoms with Gasteiger partial charge < -0.3 is 5.32 Å². The Morgan fingerprint density at radius 3 is 2.59 bits per heavy atom. The molecule has 1 unspecified atom stereocenters. The van der Waals surface area contributed by atoms with Gasteiger partial charge in [-0.3, -0.25) is 10.1 Å². The highest BCUT2D eigenvalue weighted by Gasteiger charge is 2.16. The molecule has 0 heterocycles. The van der Waals surface area contributed by atoms with Crippen molar-refractivity contribution in [2.75, 3.05) is 5.32 Å². The van der Waals surface area contributed by atoms with Crippen LogP contribution in [0.25, 0.3) is 0 Å². The van der Waals surface area contributed by atoms with Gasteiger partial charge in [0.05, 0.1) is 11.0 Å². The maximum atomic E-state index is 12.9. The van der Waals surface area contributed by atoms with Gasteiger partial charge in [-0.15, -0.1) is 0 Å². The van der Waals surface area contributed by atoms with E-state index in [2.05, 4.69) is 19.2 Å². The van der Waals surface area contributed by atoms with Crippen molar-refractivity contribution in [1.82, 2.24) is 0 Å². The largest absolute Gasteiger partial charge is 0.377 e. The van der Waals surface area contributed by atoms with Crippen molar-refractivity contribution >= 4 is 11.4 Å². The fraction of sp³-hybridized carbons (Fsp3) is 0.500. The first kappa shape index (κ1) is 13.4. The number of hydrogen-bond acceptors (Lipinski definition) is 3. The van der Waals surface area contributed by atoms with Crippen molar-refractivity contribution in [1.29, 1.82) is 0 Å². The molecule has 0 spiro atoms. The minimum absolute atomic E-state index is 0.110. The van der Waals surface area contributed by atoms with Crippen molar-refractivity contribution in [3.05, 3.63) is 34.1 Å². The minimum atomic E-state index is -0.598. The van der Waals surface area contributed by atoms with E-state index in [1.54, 1.807) is 0 Å². The molecule has 1 N–H and O–H groups in total. The van der Waals surface area contributed by atoms with E-state index >= 15 is 0 Å². The van der Waals surface area contributed by atoms with Crippen LogP contribution in [0.1, 0.15) is 27.2 Å². The van der Waals surface area contributed by atoms with Crippen molar-refractivity contribution in [3.8, 4) is 0 Å². The molecule has 0 amide bonds. The average molecular weight is 240 g/mol. The summed E-state index contributed by atoms with van der Waals surface area (Å²) in [7, 11) is 0. The smallest absolute Gasteiger partial charge is 0.295 e. The maximum Gasteiger partial charge on any atom is 0.295 e. The lowest BCUT2D eigenvalue weighted by Gasteiger charge is -2.17. The molecule has 0 saturated carbocycles. The van der Waals surface area contributed by atoms with Crippen molar-refractivity contribution in [2.45, 2.75) is 33.2 Å². The fourth-order valence-corrected chi connectivity index (χ4v) is 1.81. The van der Waals surface area contributed by atoms with E-state index in [-0.39, 0.29) is 11.7 Å². The second kappa shape index (κ2) is 5.61. The second-order valence-corrected chi connectivity index (χ2v) is 4.59. The Labute approximate surface area is 100.0 Å². The normalized spacial score (nSPS) is 12.5. The van der Waals surface area contributed by atoms with Crippen LogP contribution in [0.5, 0.6) is 0 Å². The van der Waals surface area contributed by atoms with Crippen LogP contribution in [0, 0.1) is 21.8 Å². The van der Waals surface area contributed by atoms with Gasteiger partial charge in [-0.2, -0.15) is 0 Å². The Bertz CT molecular complexity index is 407. The maximum absolute atomic E-state index is 12.9. The van der Waals surface area contributed by atoms with Gasteiger partial charge in [0.1, 0.15) is 11.5 Å². The van der Waals surface area contributed by atoms with Crippen LogP contribution in [0.15, 0.2) is 18.2 Å². The molecule has 0 saturated heterocycles. The van der Waals surface area contributed by atoms with E-state index < -0.39 is 10.7 Å². The Morgan fingerprint density at radius 2 is 2.06 bits per heavy atom. The van der Waals surface area contributed by atoms with Crippen LogP contribution in [0.3, 0.4) is 0 Å². The molecule has 17 heavy (non-hydrogen) atoms. The number of nitro benzene ring substituents is 1. The molecule has 0 fully saturated rings. The third kappa shape index (κ3) is 4.01. The summed E-state index contributed by atoms with van der Waals surface area (Å²) in [5.41, 5.74) is 0.144. The molecule has 0 bridgehead atoms. The second-order valence-electron chi connectivity index (χ2n) is 4.59. The van der Waals surface area contributed by atoms with Crippen LogP contribution < -0.4 is 5.32 Å². The summed E-state index contributed by atoms with van der Waals surface area (Å²) >= 11 is 0. The number of nitrogens with one attached hydrogen (secondary N) is 1. The molecule has 94 valence electrons. The van der Waals surface area contributed by atoms with Crippen molar-refractivity contribution in [2.24, 2.45) is 5.92 Å². The summed E-state index contributed by atoms with van der Waals surface area (Å²) in [6.07, 6.45) is 0.897. The molecule has 0 radical (unpaired) electrons. The lowest BCUT2D eigenvalue weighted by Crippen LogP contribution is -2.18. The van der Waals surface area contributed by atoms with Crippen LogP contribution >= 0.6 is 0 Å². The van der Waals surface area contributed by atoms with Crippen LogP contribution in [-0.4, -0.2) is 11.0 Å². The first-order valence-corrected chi connectivity index (χ1v) is 5.60. The number of halogens is 1. The molecule has 0 aliphatic rings. The van der Waals surface area contributed by atoms with Gasteiger partial charge in [0.25, 0.3) is 5.69 Å². The molecule has 4 nitrogen and oxygen atoms in total. The first-order chi connectivity index (χ1) is 7.90. The SMILES string of the molecule is CC(C)CC(C)Nc1ccc(F)cc1[N+](=O)[O-]. The molecular weight excluding hydrogens is 223 g/mol. The Kier molecular flexibility index (Phi) is 4.43. The number of rotatable bonds is 5. The Hall–Kier alpha value is -1.65. The van der Waals surface area contributed by atoms with Crippen molar-refractivity contribution < 1.29 is 9.31 Å². The van der Waals surface area contributed by atoms with E-state index in [0.717, 1.165) is 12.5 Å². The summed E-state index contributed by atoms with van der Waals surface area (Å²) in [5, 5.41) is 13.8. The number of benzene rings is 1. The first-order valence-electron chi connectivity index (χ1n) is 5.60. The van der Waals surface area contributed by atoms with Crippen molar-refractivity contribution in [3.63, 3.8) is 0 Å². The van der Waals surface area contributed by atoms with Gasteiger partial charge in [0, 0.05) is 6.04 Å². The van der Waals surface area contributed by atoms with Gasteiger partial charge in [0.2, 0.25) is 0 Å². The van der Waals surface area contributed by atoms with E-state index in [9.17, 15) is 14.5 Å². The average Bonchev–Trinajstić information content (AvgIpc) is 2.19. The molecule has 1 atom stereocenters. The van der Waals surface area contributed by atoms with Gasteiger partial charge >= 0.3 is 0 Å². The van der Waals surface area contributed by atoms with Gasteiger partial charge in [-0.25, -0.2) is 4.39 Å². The Morgan fingerprint density at radius 1 is 1.41 bits per heavy atom.